The molecule has 1 aromatic carbocycles. The maximum Gasteiger partial charge on any atom is 0.238 e. The van der Waals surface area contributed by atoms with Crippen molar-refractivity contribution in [1.29, 1.82) is 0 Å². The number of halogens is 1. The van der Waals surface area contributed by atoms with Crippen molar-refractivity contribution < 1.29 is 9.59 Å². The van der Waals surface area contributed by atoms with Crippen LogP contribution < -0.4 is 10.6 Å². The summed E-state index contributed by atoms with van der Waals surface area (Å²) in [5.41, 5.74) is 0.730. The summed E-state index contributed by atoms with van der Waals surface area (Å²) >= 11 is 3.35. The number of benzene rings is 1. The van der Waals surface area contributed by atoms with Crippen LogP contribution in [-0.2, 0) is 9.59 Å². The quantitative estimate of drug-likeness (QED) is 0.795. The zero-order valence-electron chi connectivity index (χ0n) is 11.8. The smallest absolute Gasteiger partial charge is 0.238 e. The number of carbonyl (C=O) groups excluding carboxylic acids is 2. The zero-order valence-corrected chi connectivity index (χ0v) is 13.4. The van der Waals surface area contributed by atoms with Gasteiger partial charge in [-0.05, 0) is 31.7 Å². The van der Waals surface area contributed by atoms with Gasteiger partial charge in [0.05, 0.1) is 13.1 Å². The number of carbonyl (C=O) groups is 2. The average molecular weight is 342 g/mol. The number of anilines is 1. The average Bonchev–Trinajstić information content (AvgIpc) is 2.35. The van der Waals surface area contributed by atoms with E-state index in [9.17, 15) is 9.59 Å². The van der Waals surface area contributed by atoms with E-state index in [1.54, 1.807) is 11.9 Å². The molecule has 1 rings (SSSR count). The molecule has 0 bridgehead atoms. The molecule has 0 heterocycles. The molecule has 0 aromatic heterocycles. The minimum Gasteiger partial charge on any atom is -0.355 e. The lowest BCUT2D eigenvalue weighted by Gasteiger charge is -2.15. The summed E-state index contributed by atoms with van der Waals surface area (Å²) in [7, 11) is 1.74. The lowest BCUT2D eigenvalue weighted by Crippen LogP contribution is -2.39. The van der Waals surface area contributed by atoms with Crippen LogP contribution in [0.3, 0.4) is 0 Å². The van der Waals surface area contributed by atoms with Gasteiger partial charge in [-0.25, -0.2) is 0 Å². The van der Waals surface area contributed by atoms with Gasteiger partial charge in [-0.15, -0.1) is 0 Å². The molecule has 0 aliphatic heterocycles. The first-order chi connectivity index (χ1) is 9.51. The van der Waals surface area contributed by atoms with Crippen molar-refractivity contribution in [3.8, 4) is 0 Å². The van der Waals surface area contributed by atoms with Crippen molar-refractivity contribution in [2.45, 2.75) is 13.3 Å². The standard InChI is InChI=1S/C14H20BrN3O2/c1-3-7-16-13(19)9-18(2)10-14(20)17-12-6-4-5-11(15)8-12/h4-6,8H,3,7,9-10H2,1-2H3,(H,16,19)(H,17,20). The fourth-order valence-electron chi connectivity index (χ4n) is 1.63. The van der Waals surface area contributed by atoms with Gasteiger partial charge in [-0.3, -0.25) is 14.5 Å². The number of nitrogens with one attached hydrogen (secondary N) is 2. The molecule has 1 aromatic rings. The third-order valence-corrected chi connectivity index (χ3v) is 3.00. The SMILES string of the molecule is CCCNC(=O)CN(C)CC(=O)Nc1cccc(Br)c1. The van der Waals surface area contributed by atoms with Gasteiger partial charge in [0.25, 0.3) is 0 Å². The fourth-order valence-corrected chi connectivity index (χ4v) is 2.03. The van der Waals surface area contributed by atoms with Crippen molar-refractivity contribution >= 4 is 33.4 Å². The predicted octanol–water partition coefficient (Wildman–Crippen LogP) is 1.85. The molecule has 0 atom stereocenters. The highest BCUT2D eigenvalue weighted by atomic mass is 79.9. The van der Waals surface area contributed by atoms with Crippen LogP contribution >= 0.6 is 15.9 Å². The van der Waals surface area contributed by atoms with Crippen LogP contribution in [0.25, 0.3) is 0 Å². The van der Waals surface area contributed by atoms with E-state index >= 15 is 0 Å². The van der Waals surface area contributed by atoms with Crippen LogP contribution in [0.1, 0.15) is 13.3 Å². The molecule has 0 radical (unpaired) electrons. The molecule has 0 aliphatic carbocycles. The largest absolute Gasteiger partial charge is 0.355 e. The van der Waals surface area contributed by atoms with E-state index in [1.165, 1.54) is 0 Å². The van der Waals surface area contributed by atoms with Crippen LogP contribution in [0.5, 0.6) is 0 Å². The summed E-state index contributed by atoms with van der Waals surface area (Å²) in [6.45, 7) is 3.05. The van der Waals surface area contributed by atoms with E-state index in [1.807, 2.05) is 31.2 Å². The lowest BCUT2D eigenvalue weighted by molar-refractivity contribution is -0.122. The van der Waals surface area contributed by atoms with Gasteiger partial charge in [0.15, 0.2) is 0 Å². The van der Waals surface area contributed by atoms with Crippen molar-refractivity contribution in [3.05, 3.63) is 28.7 Å². The van der Waals surface area contributed by atoms with E-state index in [-0.39, 0.29) is 24.9 Å². The number of hydrogen-bond acceptors (Lipinski definition) is 3. The Kier molecular flexibility index (Phi) is 7.25. The maximum atomic E-state index is 11.8. The summed E-state index contributed by atoms with van der Waals surface area (Å²) in [6.07, 6.45) is 0.902. The second-order valence-electron chi connectivity index (χ2n) is 4.58. The second kappa shape index (κ2) is 8.71. The zero-order chi connectivity index (χ0) is 15.0. The highest BCUT2D eigenvalue weighted by molar-refractivity contribution is 9.10. The Hall–Kier alpha value is -1.40. The van der Waals surface area contributed by atoms with Crippen molar-refractivity contribution in [2.24, 2.45) is 0 Å². The number of nitrogens with zero attached hydrogens (tertiary/aromatic N) is 1. The summed E-state index contributed by atoms with van der Waals surface area (Å²) in [6, 6.07) is 7.38. The molecule has 0 aliphatic rings. The molecule has 0 saturated heterocycles. The molecule has 0 saturated carbocycles. The molecule has 2 N–H and O–H groups in total. The molecule has 110 valence electrons. The highest BCUT2D eigenvalue weighted by Gasteiger charge is 2.10. The van der Waals surface area contributed by atoms with E-state index in [4.69, 9.17) is 0 Å². The Labute approximate surface area is 127 Å². The van der Waals surface area contributed by atoms with Gasteiger partial charge >= 0.3 is 0 Å². The molecular formula is C14H20BrN3O2. The number of likely N-dealkylation sites (N-methyl/N-ethyl adjacent to an activating group) is 1. The first kappa shape index (κ1) is 16.7. The minimum atomic E-state index is -0.145. The Balaban J connectivity index is 2.36. The van der Waals surface area contributed by atoms with E-state index < -0.39 is 0 Å². The molecule has 2 amide bonds. The van der Waals surface area contributed by atoms with Gasteiger partial charge in [-0.2, -0.15) is 0 Å². The Morgan fingerprint density at radius 2 is 1.95 bits per heavy atom. The van der Waals surface area contributed by atoms with Gasteiger partial charge in [-0.1, -0.05) is 28.9 Å². The summed E-state index contributed by atoms with van der Waals surface area (Å²) < 4.78 is 0.905. The monoisotopic (exact) mass is 341 g/mol. The first-order valence-electron chi connectivity index (χ1n) is 6.52. The lowest BCUT2D eigenvalue weighted by atomic mass is 10.3. The van der Waals surface area contributed by atoms with E-state index in [0.29, 0.717) is 6.54 Å². The summed E-state index contributed by atoms with van der Waals surface area (Å²) in [5, 5.41) is 5.56. The molecular weight excluding hydrogens is 322 g/mol. The molecule has 20 heavy (non-hydrogen) atoms. The first-order valence-corrected chi connectivity index (χ1v) is 7.31. The Morgan fingerprint density at radius 3 is 2.60 bits per heavy atom. The molecule has 6 heteroatoms. The van der Waals surface area contributed by atoms with Gasteiger partial charge in [0, 0.05) is 16.7 Å². The normalized spacial score (nSPS) is 10.4. The maximum absolute atomic E-state index is 11.8. The molecule has 0 spiro atoms. The van der Waals surface area contributed by atoms with Gasteiger partial charge in [0.2, 0.25) is 11.8 Å². The second-order valence-corrected chi connectivity index (χ2v) is 5.50. The van der Waals surface area contributed by atoms with Gasteiger partial charge in [0.1, 0.15) is 0 Å². The third-order valence-electron chi connectivity index (χ3n) is 2.51. The third kappa shape index (κ3) is 6.68. The fraction of sp³-hybridized carbons (Fsp3) is 0.429. The Bertz CT molecular complexity index is 465. The minimum absolute atomic E-state index is 0.0652. The van der Waals surface area contributed by atoms with E-state index in [2.05, 4.69) is 26.6 Å². The van der Waals surface area contributed by atoms with E-state index in [0.717, 1.165) is 16.6 Å². The van der Waals surface area contributed by atoms with Gasteiger partial charge < -0.3 is 10.6 Å². The topological polar surface area (TPSA) is 61.4 Å². The van der Waals surface area contributed by atoms with Crippen LogP contribution in [0.4, 0.5) is 5.69 Å². The molecule has 0 unspecified atom stereocenters. The summed E-state index contributed by atoms with van der Waals surface area (Å²) in [5.74, 6) is -0.210. The van der Waals surface area contributed by atoms with Crippen LogP contribution in [0, 0.1) is 0 Å². The van der Waals surface area contributed by atoms with Crippen molar-refractivity contribution in [3.63, 3.8) is 0 Å². The number of hydrogen-bond donors (Lipinski definition) is 2. The number of rotatable bonds is 7. The Morgan fingerprint density at radius 1 is 1.25 bits per heavy atom. The van der Waals surface area contributed by atoms with Crippen LogP contribution in [0.2, 0.25) is 0 Å². The number of amides is 2. The van der Waals surface area contributed by atoms with Crippen LogP contribution in [-0.4, -0.2) is 43.4 Å². The highest BCUT2D eigenvalue weighted by Crippen LogP contribution is 2.15. The molecule has 5 nitrogen and oxygen atoms in total. The molecule has 0 fully saturated rings. The van der Waals surface area contributed by atoms with Crippen molar-refractivity contribution in [2.75, 3.05) is 32.0 Å². The summed E-state index contributed by atoms with van der Waals surface area (Å²) in [4.78, 5) is 25.0. The predicted molar refractivity (Wildman–Crippen MR) is 83.6 cm³/mol. The van der Waals surface area contributed by atoms with Crippen molar-refractivity contribution in [1.82, 2.24) is 10.2 Å². The van der Waals surface area contributed by atoms with Crippen LogP contribution in [0.15, 0.2) is 28.7 Å².